The summed E-state index contributed by atoms with van der Waals surface area (Å²) in [6.07, 6.45) is 6.50. The quantitative estimate of drug-likeness (QED) is 0.884. The SMILES string of the molecule is O=C(NC1CCC(n2ncccc2=O)CC1)C1(c2ccccc2)CCOCC1. The van der Waals surface area contributed by atoms with Crippen LogP contribution >= 0.6 is 0 Å². The third kappa shape index (κ3) is 3.74. The Hall–Kier alpha value is -2.47. The van der Waals surface area contributed by atoms with Gasteiger partial charge in [0.25, 0.3) is 5.56 Å². The monoisotopic (exact) mass is 381 g/mol. The number of aromatic nitrogens is 2. The van der Waals surface area contributed by atoms with Crippen LogP contribution in [0, 0.1) is 0 Å². The summed E-state index contributed by atoms with van der Waals surface area (Å²) in [5.74, 6) is 0.112. The molecule has 4 rings (SSSR count). The number of hydrogen-bond donors (Lipinski definition) is 1. The van der Waals surface area contributed by atoms with Crippen LogP contribution in [0.25, 0.3) is 0 Å². The van der Waals surface area contributed by atoms with Crippen molar-refractivity contribution in [3.05, 3.63) is 64.6 Å². The van der Waals surface area contributed by atoms with Crippen LogP contribution in [0.2, 0.25) is 0 Å². The molecule has 1 aliphatic carbocycles. The highest BCUT2D eigenvalue weighted by Gasteiger charge is 2.42. The molecular formula is C22H27N3O3. The number of nitrogens with one attached hydrogen (secondary N) is 1. The maximum Gasteiger partial charge on any atom is 0.266 e. The molecule has 1 saturated carbocycles. The predicted octanol–water partition coefficient (Wildman–Crippen LogP) is 2.59. The molecule has 1 N–H and O–H groups in total. The molecule has 6 heteroatoms. The van der Waals surface area contributed by atoms with Crippen molar-refractivity contribution in [1.82, 2.24) is 15.1 Å². The van der Waals surface area contributed by atoms with Gasteiger partial charge in [0.2, 0.25) is 5.91 Å². The molecule has 1 aromatic carbocycles. The Balaban J connectivity index is 1.43. The summed E-state index contributed by atoms with van der Waals surface area (Å²) < 4.78 is 7.13. The molecule has 1 saturated heterocycles. The number of nitrogens with zero attached hydrogens (tertiary/aromatic N) is 2. The molecule has 28 heavy (non-hydrogen) atoms. The molecule has 0 atom stereocenters. The number of benzene rings is 1. The van der Waals surface area contributed by atoms with Gasteiger partial charge in [0.1, 0.15) is 0 Å². The molecule has 0 unspecified atom stereocenters. The van der Waals surface area contributed by atoms with Gasteiger partial charge in [-0.15, -0.1) is 0 Å². The van der Waals surface area contributed by atoms with Gasteiger partial charge in [-0.3, -0.25) is 9.59 Å². The predicted molar refractivity (Wildman–Crippen MR) is 106 cm³/mol. The number of carbonyl (C=O) groups is 1. The lowest BCUT2D eigenvalue weighted by Crippen LogP contribution is -2.51. The standard InChI is InChI=1S/C22H27N3O3/c26-20-7-4-14-23-25(20)19-10-8-18(9-11-19)24-21(27)22(12-15-28-16-13-22)17-5-2-1-3-6-17/h1-7,14,18-19H,8-13,15-16H2,(H,24,27). The molecule has 2 heterocycles. The van der Waals surface area contributed by atoms with Gasteiger partial charge >= 0.3 is 0 Å². The van der Waals surface area contributed by atoms with Gasteiger partial charge in [-0.2, -0.15) is 5.10 Å². The molecule has 2 aliphatic rings. The molecule has 1 aliphatic heterocycles. The smallest absolute Gasteiger partial charge is 0.266 e. The van der Waals surface area contributed by atoms with E-state index in [0.29, 0.717) is 26.1 Å². The Labute approximate surface area is 164 Å². The first kappa shape index (κ1) is 18.9. The Bertz CT molecular complexity index is 851. The molecule has 2 aromatic rings. The number of carbonyl (C=O) groups excluding carboxylic acids is 1. The highest BCUT2D eigenvalue weighted by molar-refractivity contribution is 5.88. The highest BCUT2D eigenvalue weighted by Crippen LogP contribution is 2.36. The van der Waals surface area contributed by atoms with Crippen molar-refractivity contribution in [2.75, 3.05) is 13.2 Å². The minimum absolute atomic E-state index is 0.0554. The second-order valence-electron chi connectivity index (χ2n) is 7.85. The molecule has 0 radical (unpaired) electrons. The average Bonchev–Trinajstić information content (AvgIpc) is 2.76. The number of rotatable bonds is 4. The average molecular weight is 381 g/mol. The lowest BCUT2D eigenvalue weighted by molar-refractivity contribution is -0.131. The molecule has 2 fully saturated rings. The van der Waals surface area contributed by atoms with Gasteiger partial charge in [-0.25, -0.2) is 4.68 Å². The fraction of sp³-hybridized carbons (Fsp3) is 0.500. The first-order valence-electron chi connectivity index (χ1n) is 10.2. The molecule has 6 nitrogen and oxygen atoms in total. The highest BCUT2D eigenvalue weighted by atomic mass is 16.5. The number of amides is 1. The third-order valence-electron chi connectivity index (χ3n) is 6.23. The molecular weight excluding hydrogens is 354 g/mol. The van der Waals surface area contributed by atoms with Crippen molar-refractivity contribution < 1.29 is 9.53 Å². The zero-order valence-electron chi connectivity index (χ0n) is 16.0. The lowest BCUT2D eigenvalue weighted by Gasteiger charge is -2.38. The lowest BCUT2D eigenvalue weighted by atomic mass is 9.73. The van der Waals surface area contributed by atoms with Crippen LogP contribution in [-0.4, -0.2) is 34.9 Å². The largest absolute Gasteiger partial charge is 0.381 e. The summed E-state index contributed by atoms with van der Waals surface area (Å²) in [5, 5.41) is 7.53. The van der Waals surface area contributed by atoms with Gasteiger partial charge in [-0.05, 0) is 50.2 Å². The number of hydrogen-bond acceptors (Lipinski definition) is 4. The van der Waals surface area contributed by atoms with E-state index in [0.717, 1.165) is 31.2 Å². The van der Waals surface area contributed by atoms with Gasteiger partial charge in [-0.1, -0.05) is 30.3 Å². The van der Waals surface area contributed by atoms with Crippen molar-refractivity contribution in [2.24, 2.45) is 0 Å². The van der Waals surface area contributed by atoms with Crippen molar-refractivity contribution in [2.45, 2.75) is 56.0 Å². The van der Waals surface area contributed by atoms with Crippen LogP contribution in [0.5, 0.6) is 0 Å². The Morgan fingerprint density at radius 2 is 1.75 bits per heavy atom. The van der Waals surface area contributed by atoms with E-state index in [1.54, 1.807) is 23.0 Å². The minimum atomic E-state index is -0.506. The van der Waals surface area contributed by atoms with E-state index in [2.05, 4.69) is 22.5 Å². The second kappa shape index (κ2) is 8.27. The van der Waals surface area contributed by atoms with Crippen LogP contribution in [0.4, 0.5) is 0 Å². The minimum Gasteiger partial charge on any atom is -0.381 e. The molecule has 0 bridgehead atoms. The normalized spacial score (nSPS) is 24.4. The summed E-state index contributed by atoms with van der Waals surface area (Å²) in [6, 6.07) is 13.6. The van der Waals surface area contributed by atoms with Gasteiger partial charge in [0, 0.05) is 31.5 Å². The fourth-order valence-electron chi connectivity index (χ4n) is 4.56. The first-order valence-corrected chi connectivity index (χ1v) is 10.2. The molecule has 148 valence electrons. The summed E-state index contributed by atoms with van der Waals surface area (Å²) in [6.45, 7) is 1.22. The summed E-state index contributed by atoms with van der Waals surface area (Å²) >= 11 is 0. The van der Waals surface area contributed by atoms with E-state index in [4.69, 9.17) is 4.74 Å². The van der Waals surface area contributed by atoms with E-state index < -0.39 is 5.41 Å². The summed E-state index contributed by atoms with van der Waals surface area (Å²) in [4.78, 5) is 25.4. The summed E-state index contributed by atoms with van der Waals surface area (Å²) in [7, 11) is 0. The van der Waals surface area contributed by atoms with E-state index in [1.165, 1.54) is 0 Å². The Morgan fingerprint density at radius 3 is 2.43 bits per heavy atom. The van der Waals surface area contributed by atoms with Crippen LogP contribution < -0.4 is 10.9 Å². The Morgan fingerprint density at radius 1 is 1.04 bits per heavy atom. The van der Waals surface area contributed by atoms with Crippen molar-refractivity contribution in [1.29, 1.82) is 0 Å². The van der Waals surface area contributed by atoms with Crippen LogP contribution in [0.1, 0.15) is 50.1 Å². The van der Waals surface area contributed by atoms with Crippen LogP contribution in [-0.2, 0) is 14.9 Å². The molecule has 1 amide bonds. The Kier molecular flexibility index (Phi) is 5.57. The second-order valence-corrected chi connectivity index (χ2v) is 7.85. The zero-order chi connectivity index (χ0) is 19.4. The van der Waals surface area contributed by atoms with Crippen LogP contribution in [0.15, 0.2) is 53.5 Å². The molecule has 0 spiro atoms. The van der Waals surface area contributed by atoms with Crippen molar-refractivity contribution in [3.8, 4) is 0 Å². The first-order chi connectivity index (χ1) is 13.7. The topological polar surface area (TPSA) is 73.2 Å². The molecule has 1 aromatic heterocycles. The maximum atomic E-state index is 13.4. The fourth-order valence-corrected chi connectivity index (χ4v) is 4.56. The van der Waals surface area contributed by atoms with Gasteiger partial charge in [0.15, 0.2) is 0 Å². The number of ether oxygens (including phenoxy) is 1. The maximum absolute atomic E-state index is 13.4. The van der Waals surface area contributed by atoms with E-state index >= 15 is 0 Å². The van der Waals surface area contributed by atoms with Gasteiger partial charge in [0.05, 0.1) is 11.5 Å². The zero-order valence-corrected chi connectivity index (χ0v) is 16.0. The van der Waals surface area contributed by atoms with E-state index in [9.17, 15) is 9.59 Å². The van der Waals surface area contributed by atoms with Crippen molar-refractivity contribution in [3.63, 3.8) is 0 Å². The summed E-state index contributed by atoms with van der Waals surface area (Å²) in [5.41, 5.74) is 0.513. The van der Waals surface area contributed by atoms with Crippen LogP contribution in [0.3, 0.4) is 0 Å². The van der Waals surface area contributed by atoms with E-state index in [-0.39, 0.29) is 23.6 Å². The van der Waals surface area contributed by atoms with E-state index in [1.807, 2.05) is 18.2 Å². The van der Waals surface area contributed by atoms with Crippen molar-refractivity contribution >= 4 is 5.91 Å². The van der Waals surface area contributed by atoms with Gasteiger partial charge < -0.3 is 10.1 Å². The third-order valence-corrected chi connectivity index (χ3v) is 6.23.